The lowest BCUT2D eigenvalue weighted by Crippen LogP contribution is -2.35. The number of rotatable bonds is 5. The number of carbonyl (C=O) groups is 1. The van der Waals surface area contributed by atoms with Gasteiger partial charge in [-0.15, -0.1) is 0 Å². The monoisotopic (exact) mass is 361 g/mol. The van der Waals surface area contributed by atoms with Crippen LogP contribution in [0.3, 0.4) is 0 Å². The topological polar surface area (TPSA) is 65.4 Å². The van der Waals surface area contributed by atoms with Gasteiger partial charge in [0.1, 0.15) is 10.8 Å². The quantitative estimate of drug-likeness (QED) is 0.867. The van der Waals surface area contributed by atoms with E-state index in [0.717, 1.165) is 35.9 Å². The van der Waals surface area contributed by atoms with Crippen LogP contribution in [0.1, 0.15) is 18.1 Å². The second-order valence-electron chi connectivity index (χ2n) is 6.14. The Hall–Kier alpha value is -1.83. The predicted molar refractivity (Wildman–Crippen MR) is 99.8 cm³/mol. The second-order valence-corrected chi connectivity index (χ2v) is 7.10. The van der Waals surface area contributed by atoms with Gasteiger partial charge in [-0.1, -0.05) is 30.0 Å². The van der Waals surface area contributed by atoms with Crippen molar-refractivity contribution < 1.29 is 14.6 Å². The van der Waals surface area contributed by atoms with Crippen molar-refractivity contribution in [2.45, 2.75) is 12.5 Å². The number of carbonyl (C=O) groups excluding carboxylic acids is 1. The van der Waals surface area contributed by atoms with Crippen molar-refractivity contribution in [1.82, 2.24) is 9.91 Å². The highest BCUT2D eigenvalue weighted by molar-refractivity contribution is 8.15. The molecule has 134 valence electrons. The lowest BCUT2D eigenvalue weighted by atomic mass is 10.1. The summed E-state index contributed by atoms with van der Waals surface area (Å²) in [6.45, 7) is 2.24. The number of amides is 1. The third kappa shape index (κ3) is 4.42. The molecule has 2 aliphatic rings. The first-order valence-corrected chi connectivity index (χ1v) is 9.27. The van der Waals surface area contributed by atoms with Crippen molar-refractivity contribution in [1.29, 1.82) is 0 Å². The Balaban J connectivity index is 1.57. The van der Waals surface area contributed by atoms with Crippen LogP contribution in [-0.4, -0.2) is 65.5 Å². The van der Waals surface area contributed by atoms with Gasteiger partial charge in [0, 0.05) is 26.7 Å². The molecule has 1 aromatic carbocycles. The molecule has 0 bridgehead atoms. The molecule has 1 atom stereocenters. The predicted octanol–water partition coefficient (Wildman–Crippen LogP) is 1.88. The minimum absolute atomic E-state index is 0.0365. The van der Waals surface area contributed by atoms with E-state index in [1.807, 2.05) is 24.3 Å². The fourth-order valence-corrected chi connectivity index (χ4v) is 3.85. The van der Waals surface area contributed by atoms with Gasteiger partial charge in [-0.3, -0.25) is 9.69 Å². The molecule has 7 heteroatoms. The summed E-state index contributed by atoms with van der Waals surface area (Å²) < 4.78 is 5.15. The van der Waals surface area contributed by atoms with E-state index in [1.165, 1.54) is 22.3 Å². The lowest BCUT2D eigenvalue weighted by molar-refractivity contribution is -0.127. The van der Waals surface area contributed by atoms with Gasteiger partial charge in [0.05, 0.1) is 19.0 Å². The van der Waals surface area contributed by atoms with Crippen LogP contribution in [0, 0.1) is 0 Å². The number of hydrogen-bond acceptors (Lipinski definition) is 6. The molecule has 3 rings (SSSR count). The summed E-state index contributed by atoms with van der Waals surface area (Å²) in [5.41, 5.74) is 2.09. The van der Waals surface area contributed by atoms with E-state index >= 15 is 0 Å². The first-order chi connectivity index (χ1) is 12.1. The highest BCUT2D eigenvalue weighted by atomic mass is 32.2. The third-order valence-corrected chi connectivity index (χ3v) is 5.44. The van der Waals surface area contributed by atoms with Crippen molar-refractivity contribution in [2.75, 3.05) is 39.5 Å². The van der Waals surface area contributed by atoms with Crippen LogP contribution in [0.4, 0.5) is 0 Å². The van der Waals surface area contributed by atoms with E-state index in [0.29, 0.717) is 12.3 Å². The van der Waals surface area contributed by atoms with Crippen LogP contribution in [0.15, 0.2) is 41.0 Å². The zero-order valence-electron chi connectivity index (χ0n) is 14.5. The Labute approximate surface area is 152 Å². The molecule has 2 aliphatic heterocycles. The number of ether oxygens (including phenoxy) is 1. The van der Waals surface area contributed by atoms with E-state index in [9.17, 15) is 9.90 Å². The van der Waals surface area contributed by atoms with Crippen LogP contribution in [-0.2, 0) is 4.79 Å². The van der Waals surface area contributed by atoms with E-state index in [-0.39, 0.29) is 5.91 Å². The van der Waals surface area contributed by atoms with Crippen LogP contribution in [0.5, 0.6) is 5.75 Å². The SMILES string of the molecule is COc1ccc(C(O)CN2CC=C(C3=NN(C)C(=O)CS3)CC2)cc1. The molecule has 1 unspecified atom stereocenters. The summed E-state index contributed by atoms with van der Waals surface area (Å²) in [4.78, 5) is 13.7. The van der Waals surface area contributed by atoms with Crippen molar-refractivity contribution >= 4 is 22.7 Å². The summed E-state index contributed by atoms with van der Waals surface area (Å²) in [6.07, 6.45) is 2.51. The Kier molecular flexibility index (Phi) is 5.78. The molecule has 0 radical (unpaired) electrons. The van der Waals surface area contributed by atoms with E-state index < -0.39 is 6.10 Å². The van der Waals surface area contributed by atoms with E-state index in [1.54, 1.807) is 14.2 Å². The van der Waals surface area contributed by atoms with Crippen LogP contribution in [0.2, 0.25) is 0 Å². The fourth-order valence-electron chi connectivity index (χ4n) is 2.85. The molecule has 0 saturated heterocycles. The number of nitrogens with zero attached hydrogens (tertiary/aromatic N) is 3. The van der Waals surface area contributed by atoms with Gasteiger partial charge >= 0.3 is 0 Å². The van der Waals surface area contributed by atoms with Crippen molar-refractivity contribution in [3.8, 4) is 5.75 Å². The van der Waals surface area contributed by atoms with Crippen LogP contribution in [0.25, 0.3) is 0 Å². The van der Waals surface area contributed by atoms with Crippen LogP contribution >= 0.6 is 11.8 Å². The molecule has 0 aromatic heterocycles. The number of thioether (sulfide) groups is 1. The normalized spacial score (nSPS) is 20.1. The maximum atomic E-state index is 11.5. The number of methoxy groups -OCH3 is 1. The van der Waals surface area contributed by atoms with Gasteiger partial charge in [0.25, 0.3) is 5.91 Å². The average molecular weight is 361 g/mol. The molecule has 0 fully saturated rings. The lowest BCUT2D eigenvalue weighted by Gasteiger charge is -2.29. The molecule has 1 amide bonds. The highest BCUT2D eigenvalue weighted by Crippen LogP contribution is 2.25. The molecular weight excluding hydrogens is 338 g/mol. The van der Waals surface area contributed by atoms with Crippen LogP contribution < -0.4 is 4.74 Å². The number of aliphatic hydroxyl groups excluding tert-OH is 1. The first kappa shape index (κ1) is 18.0. The zero-order chi connectivity index (χ0) is 17.8. The summed E-state index contributed by atoms with van der Waals surface area (Å²) in [5, 5.41) is 17.2. The van der Waals surface area contributed by atoms with Gasteiger partial charge in [-0.2, -0.15) is 5.10 Å². The van der Waals surface area contributed by atoms with Gasteiger partial charge in [-0.25, -0.2) is 5.01 Å². The second kappa shape index (κ2) is 8.03. The minimum atomic E-state index is -0.522. The molecule has 0 saturated carbocycles. The Morgan fingerprint density at radius 2 is 2.12 bits per heavy atom. The summed E-state index contributed by atoms with van der Waals surface area (Å²) in [7, 11) is 3.33. The maximum Gasteiger partial charge on any atom is 0.252 e. The molecular formula is C18H23N3O3S. The number of hydrogen-bond donors (Lipinski definition) is 1. The minimum Gasteiger partial charge on any atom is -0.497 e. The third-order valence-electron chi connectivity index (χ3n) is 4.43. The highest BCUT2D eigenvalue weighted by Gasteiger charge is 2.23. The number of β-amino-alcohol motifs (C(OH)–C–C–N with tert-alkyl or cyclic N) is 1. The largest absolute Gasteiger partial charge is 0.497 e. The summed E-state index contributed by atoms with van der Waals surface area (Å²) >= 11 is 1.51. The zero-order valence-corrected chi connectivity index (χ0v) is 15.3. The maximum absolute atomic E-state index is 11.5. The molecule has 25 heavy (non-hydrogen) atoms. The van der Waals surface area contributed by atoms with Gasteiger partial charge < -0.3 is 9.84 Å². The van der Waals surface area contributed by atoms with Gasteiger partial charge in [0.15, 0.2) is 0 Å². The number of benzene rings is 1. The molecule has 6 nitrogen and oxygen atoms in total. The number of hydrazone groups is 1. The van der Waals surface area contributed by atoms with Crippen molar-refractivity contribution in [2.24, 2.45) is 5.10 Å². The van der Waals surface area contributed by atoms with Crippen molar-refractivity contribution in [3.05, 3.63) is 41.5 Å². The summed E-state index contributed by atoms with van der Waals surface area (Å²) in [5.74, 6) is 1.28. The Bertz CT molecular complexity index is 687. The molecule has 1 N–H and O–H groups in total. The summed E-state index contributed by atoms with van der Waals surface area (Å²) in [6, 6.07) is 7.52. The molecule has 1 aromatic rings. The Morgan fingerprint density at radius 3 is 2.72 bits per heavy atom. The fraction of sp³-hybridized carbons (Fsp3) is 0.444. The standard InChI is InChI=1S/C18H23N3O3S/c1-20-17(23)12-25-18(19-20)14-7-9-21(10-8-14)11-16(22)13-3-5-15(24-2)6-4-13/h3-7,16,22H,8-12H2,1-2H3. The smallest absolute Gasteiger partial charge is 0.252 e. The average Bonchev–Trinajstić information content (AvgIpc) is 2.64. The van der Waals surface area contributed by atoms with Gasteiger partial charge in [-0.05, 0) is 29.7 Å². The van der Waals surface area contributed by atoms with Crippen molar-refractivity contribution in [3.63, 3.8) is 0 Å². The molecule has 0 spiro atoms. The van der Waals surface area contributed by atoms with E-state index in [2.05, 4.69) is 16.1 Å². The first-order valence-electron chi connectivity index (χ1n) is 8.28. The van der Waals surface area contributed by atoms with Gasteiger partial charge in [0.2, 0.25) is 0 Å². The molecule has 2 heterocycles. The van der Waals surface area contributed by atoms with E-state index in [4.69, 9.17) is 4.74 Å². The Morgan fingerprint density at radius 1 is 1.36 bits per heavy atom. The molecule has 0 aliphatic carbocycles. The number of aliphatic hydroxyl groups is 1.